The van der Waals surface area contributed by atoms with Crippen LogP contribution in [-0.4, -0.2) is 53.0 Å². The Bertz CT molecular complexity index is 1170. The maximum Gasteiger partial charge on any atom is 0.244 e. The number of aldehydes is 1. The second-order valence-electron chi connectivity index (χ2n) is 13.3. The zero-order valence-electron chi connectivity index (χ0n) is 24.8. The third kappa shape index (κ3) is 7.09. The molecule has 0 spiro atoms. The van der Waals surface area contributed by atoms with Crippen LogP contribution in [0.2, 0.25) is 0 Å². The SMILES string of the molecule is C=C(CCOCCCc1ccc(CC2CC2)c2c1C(C=O)N(C1CCC(=O)NC1=O)C2O)OC(C)(C)C[C@H]1CC1C. The van der Waals surface area contributed by atoms with E-state index in [4.69, 9.17) is 9.47 Å². The Balaban J connectivity index is 1.19. The average molecular weight is 567 g/mol. The number of hydrogen-bond donors (Lipinski definition) is 2. The van der Waals surface area contributed by atoms with Crippen LogP contribution in [0.4, 0.5) is 0 Å². The number of hydrogen-bond acceptors (Lipinski definition) is 7. The minimum absolute atomic E-state index is 0.190. The van der Waals surface area contributed by atoms with Gasteiger partial charge in [0, 0.05) is 25.0 Å². The molecule has 1 aromatic carbocycles. The normalized spacial score (nSPS) is 27.9. The zero-order chi connectivity index (χ0) is 29.3. The van der Waals surface area contributed by atoms with Crippen LogP contribution >= 0.6 is 0 Å². The Morgan fingerprint density at radius 2 is 1.90 bits per heavy atom. The molecule has 1 saturated heterocycles. The molecule has 224 valence electrons. The quantitative estimate of drug-likeness (QED) is 0.137. The topological polar surface area (TPSA) is 105 Å². The van der Waals surface area contributed by atoms with Crippen molar-refractivity contribution in [3.05, 3.63) is 46.7 Å². The van der Waals surface area contributed by atoms with E-state index in [9.17, 15) is 19.5 Å². The van der Waals surface area contributed by atoms with E-state index >= 15 is 0 Å². The Labute approximate surface area is 243 Å². The first kappa shape index (κ1) is 29.9. The van der Waals surface area contributed by atoms with E-state index in [0.29, 0.717) is 32.0 Å². The Morgan fingerprint density at radius 3 is 2.56 bits per heavy atom. The number of aryl methyl sites for hydroxylation is 1. The maximum absolute atomic E-state index is 12.7. The molecule has 4 aliphatic rings. The number of benzene rings is 1. The molecule has 0 radical (unpaired) electrons. The van der Waals surface area contributed by atoms with Crippen molar-refractivity contribution in [2.24, 2.45) is 17.8 Å². The number of rotatable bonds is 15. The molecule has 2 saturated carbocycles. The van der Waals surface area contributed by atoms with Gasteiger partial charge in [-0.25, -0.2) is 4.90 Å². The second kappa shape index (κ2) is 12.4. The van der Waals surface area contributed by atoms with Gasteiger partial charge < -0.3 is 19.4 Å². The van der Waals surface area contributed by atoms with E-state index in [1.165, 1.54) is 19.3 Å². The number of nitrogens with zero attached hydrogens (tertiary/aromatic N) is 1. The van der Waals surface area contributed by atoms with Gasteiger partial charge in [-0.15, -0.1) is 0 Å². The highest BCUT2D eigenvalue weighted by Crippen LogP contribution is 2.48. The zero-order valence-corrected chi connectivity index (χ0v) is 24.8. The van der Waals surface area contributed by atoms with Gasteiger partial charge in [0.2, 0.25) is 11.8 Å². The highest BCUT2D eigenvalue weighted by molar-refractivity contribution is 6.00. The molecule has 3 fully saturated rings. The number of carbonyl (C=O) groups excluding carboxylic acids is 3. The minimum Gasteiger partial charge on any atom is -0.493 e. The lowest BCUT2D eigenvalue weighted by molar-refractivity contribution is -0.144. The molecule has 2 amide bonds. The summed E-state index contributed by atoms with van der Waals surface area (Å²) >= 11 is 0. The fourth-order valence-corrected chi connectivity index (χ4v) is 6.78. The first-order chi connectivity index (χ1) is 19.6. The summed E-state index contributed by atoms with van der Waals surface area (Å²) in [6.07, 6.45) is 7.88. The maximum atomic E-state index is 12.7. The number of ether oxygens (including phenoxy) is 2. The Morgan fingerprint density at radius 1 is 1.17 bits per heavy atom. The number of nitrogens with one attached hydrogen (secondary N) is 1. The van der Waals surface area contributed by atoms with Crippen molar-refractivity contribution in [2.45, 2.75) is 109 Å². The van der Waals surface area contributed by atoms with Gasteiger partial charge in [-0.3, -0.25) is 14.9 Å². The van der Waals surface area contributed by atoms with Gasteiger partial charge in [-0.2, -0.15) is 0 Å². The molecule has 2 heterocycles. The first-order valence-corrected chi connectivity index (χ1v) is 15.4. The summed E-state index contributed by atoms with van der Waals surface area (Å²) in [7, 11) is 0. The van der Waals surface area contributed by atoms with Gasteiger partial charge in [0.15, 0.2) is 0 Å². The summed E-state index contributed by atoms with van der Waals surface area (Å²) in [4.78, 5) is 38.6. The molecule has 4 unspecified atom stereocenters. The molecule has 41 heavy (non-hydrogen) atoms. The van der Waals surface area contributed by atoms with E-state index in [1.807, 2.05) is 0 Å². The molecule has 5 rings (SSSR count). The largest absolute Gasteiger partial charge is 0.493 e. The molecule has 0 aromatic heterocycles. The number of fused-ring (bicyclic) bond motifs is 1. The summed E-state index contributed by atoms with van der Waals surface area (Å²) in [6.45, 7) is 11.7. The summed E-state index contributed by atoms with van der Waals surface area (Å²) in [5.74, 6) is 2.15. The van der Waals surface area contributed by atoms with Crippen molar-refractivity contribution in [1.29, 1.82) is 0 Å². The molecule has 8 nitrogen and oxygen atoms in total. The second-order valence-corrected chi connectivity index (χ2v) is 13.3. The molecule has 2 aliphatic heterocycles. The summed E-state index contributed by atoms with van der Waals surface area (Å²) in [5.41, 5.74) is 3.44. The lowest BCUT2D eigenvalue weighted by Crippen LogP contribution is -2.53. The number of carbonyl (C=O) groups is 3. The number of amides is 2. The minimum atomic E-state index is -1.06. The van der Waals surface area contributed by atoms with Crippen LogP contribution in [0, 0.1) is 17.8 Å². The van der Waals surface area contributed by atoms with E-state index in [2.05, 4.69) is 44.8 Å². The number of imide groups is 1. The third-order valence-corrected chi connectivity index (χ3v) is 9.24. The van der Waals surface area contributed by atoms with E-state index in [0.717, 1.165) is 65.4 Å². The molecule has 1 aromatic rings. The van der Waals surface area contributed by atoms with Crippen LogP contribution < -0.4 is 5.32 Å². The van der Waals surface area contributed by atoms with Crippen LogP contribution in [0.1, 0.15) is 107 Å². The van der Waals surface area contributed by atoms with Crippen molar-refractivity contribution >= 4 is 18.1 Å². The van der Waals surface area contributed by atoms with E-state index in [1.54, 1.807) is 4.90 Å². The highest BCUT2D eigenvalue weighted by Gasteiger charge is 2.47. The Hall–Kier alpha value is -2.55. The van der Waals surface area contributed by atoms with E-state index < -0.39 is 24.2 Å². The van der Waals surface area contributed by atoms with Gasteiger partial charge in [0.05, 0.1) is 24.4 Å². The summed E-state index contributed by atoms with van der Waals surface area (Å²) in [5, 5.41) is 13.9. The highest BCUT2D eigenvalue weighted by atomic mass is 16.5. The van der Waals surface area contributed by atoms with Crippen molar-refractivity contribution in [3.8, 4) is 0 Å². The summed E-state index contributed by atoms with van der Waals surface area (Å²) < 4.78 is 12.0. The van der Waals surface area contributed by atoms with Gasteiger partial charge >= 0.3 is 0 Å². The summed E-state index contributed by atoms with van der Waals surface area (Å²) in [6, 6.07) is 2.69. The van der Waals surface area contributed by atoms with Gasteiger partial charge in [-0.05, 0) is 99.7 Å². The number of aliphatic hydroxyl groups is 1. The first-order valence-electron chi connectivity index (χ1n) is 15.4. The van der Waals surface area contributed by atoms with Gasteiger partial charge in [0.1, 0.15) is 18.1 Å². The smallest absolute Gasteiger partial charge is 0.244 e. The molecule has 8 heteroatoms. The van der Waals surface area contributed by atoms with Gasteiger partial charge in [-0.1, -0.05) is 25.6 Å². The van der Waals surface area contributed by atoms with Crippen LogP contribution in [0.25, 0.3) is 0 Å². The molecule has 0 bridgehead atoms. The predicted octanol–water partition coefficient (Wildman–Crippen LogP) is 4.69. The standard InChI is InChI=1S/C33H46N2O6/c1-20-16-25(20)18-33(3,4)41-21(2)13-15-40-14-5-6-23-9-10-24(17-22-7-8-22)30-29(23)27(19-36)35(32(30)39)26-11-12-28(37)34-31(26)38/h9-10,19-20,22,25-27,32,39H,2,5-8,11-18H2,1,3-4H3,(H,34,37,38)/t20?,25-,26?,27?,32?/m1/s1. The molecular formula is C33H46N2O6. The monoisotopic (exact) mass is 566 g/mol. The number of piperidine rings is 1. The van der Waals surface area contributed by atoms with Crippen LogP contribution in [0.5, 0.6) is 0 Å². The predicted molar refractivity (Wildman–Crippen MR) is 155 cm³/mol. The van der Waals surface area contributed by atoms with E-state index in [-0.39, 0.29) is 24.3 Å². The average Bonchev–Trinajstić information content (AvgIpc) is 3.82. The fraction of sp³-hybridized carbons (Fsp3) is 0.667. The van der Waals surface area contributed by atoms with Gasteiger partial charge in [0.25, 0.3) is 0 Å². The molecule has 2 aliphatic carbocycles. The third-order valence-electron chi connectivity index (χ3n) is 9.24. The molecule has 2 N–H and O–H groups in total. The van der Waals surface area contributed by atoms with Crippen LogP contribution in [-0.2, 0) is 36.7 Å². The van der Waals surface area contributed by atoms with Crippen molar-refractivity contribution < 1.29 is 29.0 Å². The molecule has 5 atom stereocenters. The Kier molecular flexibility index (Phi) is 9.02. The van der Waals surface area contributed by atoms with Crippen molar-refractivity contribution in [2.75, 3.05) is 13.2 Å². The van der Waals surface area contributed by atoms with Crippen molar-refractivity contribution in [3.63, 3.8) is 0 Å². The lowest BCUT2D eigenvalue weighted by atomic mass is 9.90. The lowest BCUT2D eigenvalue weighted by Gasteiger charge is -2.34. The number of aliphatic hydroxyl groups excluding tert-OH is 1. The van der Waals surface area contributed by atoms with Crippen LogP contribution in [0.15, 0.2) is 24.5 Å². The fourth-order valence-electron chi connectivity index (χ4n) is 6.78. The van der Waals surface area contributed by atoms with Crippen LogP contribution in [0.3, 0.4) is 0 Å². The van der Waals surface area contributed by atoms with Crippen molar-refractivity contribution in [1.82, 2.24) is 10.2 Å². The molecular weight excluding hydrogens is 520 g/mol.